The second kappa shape index (κ2) is 5.14. The lowest BCUT2D eigenvalue weighted by molar-refractivity contribution is 0.630. The normalized spacial score (nSPS) is 11.1. The van der Waals surface area contributed by atoms with Crippen LogP contribution in [-0.2, 0) is 0 Å². The number of hydrogen-bond acceptors (Lipinski definition) is 5. The van der Waals surface area contributed by atoms with Crippen LogP contribution in [0.15, 0.2) is 36.7 Å². The molecule has 2 aromatic rings. The van der Waals surface area contributed by atoms with E-state index >= 15 is 0 Å². The van der Waals surface area contributed by atoms with Crippen LogP contribution in [-0.4, -0.2) is 15.5 Å². The summed E-state index contributed by atoms with van der Waals surface area (Å²) in [7, 11) is 0. The Morgan fingerprint density at radius 1 is 1.05 bits per heavy atom. The van der Waals surface area contributed by atoms with Crippen LogP contribution >= 0.6 is 0 Å². The Bertz CT molecular complexity index is 560. The fourth-order valence-corrected chi connectivity index (χ4v) is 1.64. The Balaban J connectivity index is 2.15. The number of aromatic nitrogens is 2. The Hall–Kier alpha value is -2.30. The monoisotopic (exact) mass is 257 g/mol. The van der Waals surface area contributed by atoms with Crippen molar-refractivity contribution in [2.24, 2.45) is 0 Å². The Morgan fingerprint density at radius 3 is 2.47 bits per heavy atom. The molecule has 5 heteroatoms. The highest BCUT2D eigenvalue weighted by Crippen LogP contribution is 2.19. The first-order chi connectivity index (χ1) is 8.92. The fraction of sp³-hybridized carbons (Fsp3) is 0.286. The van der Waals surface area contributed by atoms with Crippen LogP contribution in [0.25, 0.3) is 0 Å². The van der Waals surface area contributed by atoms with Gasteiger partial charge in [-0.3, -0.25) is 0 Å². The smallest absolute Gasteiger partial charge is 0.135 e. The first kappa shape index (κ1) is 13.1. The van der Waals surface area contributed by atoms with E-state index in [1.165, 1.54) is 6.33 Å². The van der Waals surface area contributed by atoms with Crippen LogP contribution in [0.1, 0.15) is 20.8 Å². The average molecular weight is 257 g/mol. The van der Waals surface area contributed by atoms with Crippen molar-refractivity contribution in [2.75, 3.05) is 16.4 Å². The van der Waals surface area contributed by atoms with Crippen molar-refractivity contribution in [3.63, 3.8) is 0 Å². The molecule has 0 fully saturated rings. The molecule has 1 heterocycles. The molecule has 0 saturated heterocycles. The van der Waals surface area contributed by atoms with Gasteiger partial charge in [-0.1, -0.05) is 6.07 Å². The van der Waals surface area contributed by atoms with E-state index in [4.69, 9.17) is 5.73 Å². The Kier molecular flexibility index (Phi) is 3.55. The van der Waals surface area contributed by atoms with Crippen molar-refractivity contribution in [1.82, 2.24) is 9.97 Å². The van der Waals surface area contributed by atoms with Crippen LogP contribution in [0, 0.1) is 0 Å². The van der Waals surface area contributed by atoms with E-state index in [-0.39, 0.29) is 5.54 Å². The zero-order chi connectivity index (χ0) is 13.9. The topological polar surface area (TPSA) is 75.9 Å². The molecule has 19 heavy (non-hydrogen) atoms. The molecule has 0 spiro atoms. The summed E-state index contributed by atoms with van der Waals surface area (Å²) in [6, 6.07) is 9.41. The standard InChI is InChI=1S/C14H19N5/c1-14(2,3)19-13-8-12(16-9-17-13)18-11-6-4-5-10(15)7-11/h4-9H,15H2,1-3H3,(H2,16,17,18,19). The molecule has 1 aromatic carbocycles. The molecule has 0 radical (unpaired) electrons. The quantitative estimate of drug-likeness (QED) is 0.737. The maximum atomic E-state index is 5.74. The largest absolute Gasteiger partial charge is 0.399 e. The molecule has 100 valence electrons. The Morgan fingerprint density at radius 2 is 1.79 bits per heavy atom. The van der Waals surface area contributed by atoms with Crippen molar-refractivity contribution >= 4 is 23.0 Å². The summed E-state index contributed by atoms with van der Waals surface area (Å²) >= 11 is 0. The molecule has 0 bridgehead atoms. The minimum Gasteiger partial charge on any atom is -0.399 e. The average Bonchev–Trinajstić information content (AvgIpc) is 2.27. The summed E-state index contributed by atoms with van der Waals surface area (Å²) in [4.78, 5) is 8.39. The van der Waals surface area contributed by atoms with E-state index in [1.807, 2.05) is 30.3 Å². The second-order valence-electron chi connectivity index (χ2n) is 5.41. The van der Waals surface area contributed by atoms with Crippen molar-refractivity contribution in [3.05, 3.63) is 36.7 Å². The van der Waals surface area contributed by atoms with E-state index in [0.29, 0.717) is 5.69 Å². The molecule has 0 amide bonds. The van der Waals surface area contributed by atoms with Crippen LogP contribution < -0.4 is 16.4 Å². The molecule has 2 rings (SSSR count). The van der Waals surface area contributed by atoms with Gasteiger partial charge in [0.2, 0.25) is 0 Å². The fourth-order valence-electron chi connectivity index (χ4n) is 1.64. The molecule has 0 aliphatic heterocycles. The number of anilines is 4. The van der Waals surface area contributed by atoms with E-state index in [1.54, 1.807) is 0 Å². The number of nitrogens with two attached hydrogens (primary N) is 1. The highest BCUT2D eigenvalue weighted by Gasteiger charge is 2.10. The van der Waals surface area contributed by atoms with Gasteiger partial charge >= 0.3 is 0 Å². The maximum Gasteiger partial charge on any atom is 0.135 e. The molecule has 0 atom stereocenters. The van der Waals surface area contributed by atoms with Crippen molar-refractivity contribution < 1.29 is 0 Å². The summed E-state index contributed by atoms with van der Waals surface area (Å²) in [6.45, 7) is 6.25. The van der Waals surface area contributed by atoms with Crippen molar-refractivity contribution in [2.45, 2.75) is 26.3 Å². The van der Waals surface area contributed by atoms with Gasteiger partial charge in [-0.15, -0.1) is 0 Å². The lowest BCUT2D eigenvalue weighted by Gasteiger charge is -2.21. The summed E-state index contributed by atoms with van der Waals surface area (Å²) < 4.78 is 0. The van der Waals surface area contributed by atoms with E-state index in [0.717, 1.165) is 17.3 Å². The predicted octanol–water partition coefficient (Wildman–Crippen LogP) is 3.01. The van der Waals surface area contributed by atoms with Gasteiger partial charge in [-0.05, 0) is 39.0 Å². The van der Waals surface area contributed by atoms with E-state index < -0.39 is 0 Å². The van der Waals surface area contributed by atoms with E-state index in [9.17, 15) is 0 Å². The molecule has 1 aromatic heterocycles. The Labute approximate surface area is 113 Å². The van der Waals surface area contributed by atoms with Gasteiger partial charge in [0.15, 0.2) is 0 Å². The molecular weight excluding hydrogens is 238 g/mol. The third kappa shape index (κ3) is 4.13. The lowest BCUT2D eigenvalue weighted by atomic mass is 10.1. The molecule has 5 nitrogen and oxygen atoms in total. The van der Waals surface area contributed by atoms with Gasteiger partial charge in [0.05, 0.1) is 0 Å². The minimum absolute atomic E-state index is 0.0389. The first-order valence-corrected chi connectivity index (χ1v) is 6.15. The van der Waals surface area contributed by atoms with Crippen LogP contribution in [0.4, 0.5) is 23.0 Å². The summed E-state index contributed by atoms with van der Waals surface area (Å²) in [5.74, 6) is 1.52. The van der Waals surface area contributed by atoms with Crippen molar-refractivity contribution in [3.8, 4) is 0 Å². The number of nitrogens with zero attached hydrogens (tertiary/aromatic N) is 2. The number of nitrogens with one attached hydrogen (secondary N) is 2. The lowest BCUT2D eigenvalue weighted by Crippen LogP contribution is -2.26. The third-order valence-electron chi connectivity index (χ3n) is 2.33. The molecule has 4 N–H and O–H groups in total. The van der Waals surface area contributed by atoms with Crippen LogP contribution in [0.2, 0.25) is 0 Å². The van der Waals surface area contributed by atoms with Gasteiger partial charge in [0, 0.05) is 23.0 Å². The van der Waals surface area contributed by atoms with Gasteiger partial charge in [-0.25, -0.2) is 9.97 Å². The maximum absolute atomic E-state index is 5.74. The molecule has 0 unspecified atom stereocenters. The summed E-state index contributed by atoms with van der Waals surface area (Å²) in [5.41, 5.74) is 7.32. The summed E-state index contributed by atoms with van der Waals surface area (Å²) in [5, 5.41) is 6.50. The molecule has 0 saturated carbocycles. The number of nitrogen functional groups attached to an aromatic ring is 1. The molecular formula is C14H19N5. The highest BCUT2D eigenvalue weighted by molar-refractivity contribution is 5.62. The minimum atomic E-state index is -0.0389. The third-order valence-corrected chi connectivity index (χ3v) is 2.33. The van der Waals surface area contributed by atoms with Crippen LogP contribution in [0.3, 0.4) is 0 Å². The molecule has 0 aliphatic rings. The van der Waals surface area contributed by atoms with Gasteiger partial charge < -0.3 is 16.4 Å². The number of hydrogen-bond donors (Lipinski definition) is 3. The highest BCUT2D eigenvalue weighted by atomic mass is 15.1. The van der Waals surface area contributed by atoms with Gasteiger partial charge in [0.25, 0.3) is 0 Å². The van der Waals surface area contributed by atoms with Gasteiger partial charge in [-0.2, -0.15) is 0 Å². The predicted molar refractivity (Wildman–Crippen MR) is 79.5 cm³/mol. The molecule has 0 aliphatic carbocycles. The van der Waals surface area contributed by atoms with Crippen molar-refractivity contribution in [1.29, 1.82) is 0 Å². The second-order valence-corrected chi connectivity index (χ2v) is 5.41. The number of rotatable bonds is 3. The van der Waals surface area contributed by atoms with Gasteiger partial charge in [0.1, 0.15) is 18.0 Å². The summed E-state index contributed by atoms with van der Waals surface area (Å²) in [6.07, 6.45) is 1.53. The number of benzene rings is 1. The first-order valence-electron chi connectivity index (χ1n) is 6.15. The zero-order valence-electron chi connectivity index (χ0n) is 11.4. The zero-order valence-corrected chi connectivity index (χ0v) is 11.4. The SMILES string of the molecule is CC(C)(C)Nc1cc(Nc2cccc(N)c2)ncn1. The van der Waals surface area contributed by atoms with Crippen LogP contribution in [0.5, 0.6) is 0 Å². The van der Waals surface area contributed by atoms with E-state index in [2.05, 4.69) is 41.4 Å².